The van der Waals surface area contributed by atoms with Crippen molar-refractivity contribution in [1.29, 1.82) is 0 Å². The standard InChI is InChI=1S/C36H34FN5O4/c1-22-28-7-5-4-6-23(28)15-17-41(22)35(43)32-19-33(24-8-11-27(45-2)12-9-24)42-34(38-32)20-31(39-42)29-13-10-26(18-30(29)37)40-16-14-25(21-40)36(44)46-3/h4-13,18-20,22,25H,14-17,21H2,1-3H3/t22-,25+/m1/s1. The van der Waals surface area contributed by atoms with E-state index < -0.39 is 5.82 Å². The molecule has 0 aliphatic carbocycles. The number of carbonyl (C=O) groups is 2. The van der Waals surface area contributed by atoms with Gasteiger partial charge in [0.05, 0.1) is 37.6 Å². The third-order valence-corrected chi connectivity index (χ3v) is 9.20. The second kappa shape index (κ2) is 11.9. The number of carbonyl (C=O) groups excluding carboxylic acids is 2. The van der Waals surface area contributed by atoms with Crippen LogP contribution in [0.5, 0.6) is 5.75 Å². The molecule has 1 saturated heterocycles. The van der Waals surface area contributed by atoms with Crippen LogP contribution in [0.15, 0.2) is 78.9 Å². The molecule has 5 aromatic rings. The van der Waals surface area contributed by atoms with Crippen LogP contribution in [0.3, 0.4) is 0 Å². The normalized spacial score (nSPS) is 17.7. The SMILES string of the molecule is COC(=O)[C@H]1CCN(c2ccc(-c3cc4nc(C(=O)N5CCc6ccccc6[C@H]5C)cc(-c5ccc(OC)cc5)n4n3)c(F)c2)C1. The predicted octanol–water partition coefficient (Wildman–Crippen LogP) is 5.97. The first-order chi connectivity index (χ1) is 22.3. The molecule has 2 aliphatic rings. The van der Waals surface area contributed by atoms with E-state index in [9.17, 15) is 9.59 Å². The Balaban J connectivity index is 1.26. The lowest BCUT2D eigenvalue weighted by Gasteiger charge is -2.35. The van der Waals surface area contributed by atoms with Crippen LogP contribution >= 0.6 is 0 Å². The number of rotatable bonds is 6. The topological polar surface area (TPSA) is 89.3 Å². The van der Waals surface area contributed by atoms with E-state index in [0.29, 0.717) is 65.8 Å². The molecule has 4 heterocycles. The van der Waals surface area contributed by atoms with Crippen molar-refractivity contribution in [2.45, 2.75) is 25.8 Å². The molecule has 0 bridgehead atoms. The highest BCUT2D eigenvalue weighted by molar-refractivity contribution is 5.94. The fraction of sp³-hybridized carbons (Fsp3) is 0.278. The van der Waals surface area contributed by atoms with Crippen LogP contribution in [0, 0.1) is 11.7 Å². The van der Waals surface area contributed by atoms with E-state index in [2.05, 4.69) is 12.1 Å². The molecule has 0 N–H and O–H groups in total. The molecule has 46 heavy (non-hydrogen) atoms. The monoisotopic (exact) mass is 619 g/mol. The number of fused-ring (bicyclic) bond motifs is 2. The Morgan fingerprint density at radius 1 is 0.957 bits per heavy atom. The Morgan fingerprint density at radius 2 is 1.76 bits per heavy atom. The summed E-state index contributed by atoms with van der Waals surface area (Å²) < 4.78 is 27.6. The number of amides is 1. The highest BCUT2D eigenvalue weighted by atomic mass is 19.1. The van der Waals surface area contributed by atoms with E-state index in [-0.39, 0.29) is 23.8 Å². The minimum absolute atomic E-state index is 0.105. The molecule has 234 valence electrons. The maximum absolute atomic E-state index is 15.7. The zero-order valence-corrected chi connectivity index (χ0v) is 25.9. The van der Waals surface area contributed by atoms with Crippen LogP contribution < -0.4 is 9.64 Å². The number of aromatic nitrogens is 3. The van der Waals surface area contributed by atoms with Gasteiger partial charge in [-0.05, 0) is 79.4 Å². The van der Waals surface area contributed by atoms with Crippen LogP contribution in [-0.2, 0) is 16.0 Å². The van der Waals surface area contributed by atoms with Crippen LogP contribution in [0.1, 0.15) is 41.0 Å². The molecule has 1 amide bonds. The van der Waals surface area contributed by atoms with Crippen molar-refractivity contribution in [3.05, 3.63) is 102 Å². The van der Waals surface area contributed by atoms with Gasteiger partial charge in [0.1, 0.15) is 17.3 Å². The lowest BCUT2D eigenvalue weighted by Crippen LogP contribution is -2.39. The van der Waals surface area contributed by atoms with Crippen LogP contribution in [0.25, 0.3) is 28.2 Å². The fourth-order valence-corrected chi connectivity index (χ4v) is 6.64. The Morgan fingerprint density at radius 3 is 2.52 bits per heavy atom. The number of methoxy groups -OCH3 is 2. The summed E-state index contributed by atoms with van der Waals surface area (Å²) in [6, 6.07) is 24.1. The van der Waals surface area contributed by atoms with E-state index in [1.165, 1.54) is 18.7 Å². The van der Waals surface area contributed by atoms with E-state index in [0.717, 1.165) is 17.5 Å². The van der Waals surface area contributed by atoms with Gasteiger partial charge in [0, 0.05) is 42.5 Å². The van der Waals surface area contributed by atoms with Crippen LogP contribution in [-0.4, -0.2) is 65.2 Å². The molecule has 0 saturated carbocycles. The number of nitrogens with zero attached hydrogens (tertiary/aromatic N) is 5. The molecule has 3 aromatic carbocycles. The first-order valence-electron chi connectivity index (χ1n) is 15.4. The number of hydrogen-bond donors (Lipinski definition) is 0. The minimum atomic E-state index is -0.439. The van der Waals surface area contributed by atoms with Crippen molar-refractivity contribution < 1.29 is 23.5 Å². The van der Waals surface area contributed by atoms with Crippen molar-refractivity contribution in [1.82, 2.24) is 19.5 Å². The maximum atomic E-state index is 15.7. The Hall–Kier alpha value is -5.25. The van der Waals surface area contributed by atoms with Crippen molar-refractivity contribution in [2.75, 3.05) is 38.8 Å². The minimum Gasteiger partial charge on any atom is -0.497 e. The molecule has 10 heteroatoms. The lowest BCUT2D eigenvalue weighted by molar-refractivity contribution is -0.144. The van der Waals surface area contributed by atoms with E-state index >= 15 is 4.39 Å². The van der Waals surface area contributed by atoms with Crippen LogP contribution in [0.4, 0.5) is 10.1 Å². The molecule has 0 radical (unpaired) electrons. The number of benzene rings is 3. The maximum Gasteiger partial charge on any atom is 0.310 e. The van der Waals surface area contributed by atoms with Gasteiger partial charge in [-0.3, -0.25) is 9.59 Å². The van der Waals surface area contributed by atoms with E-state index in [4.69, 9.17) is 19.6 Å². The third-order valence-electron chi connectivity index (χ3n) is 9.20. The van der Waals surface area contributed by atoms with Crippen molar-refractivity contribution in [2.24, 2.45) is 5.92 Å². The van der Waals surface area contributed by atoms with E-state index in [1.807, 2.05) is 59.2 Å². The second-order valence-corrected chi connectivity index (χ2v) is 11.8. The van der Waals surface area contributed by atoms with Gasteiger partial charge in [0.15, 0.2) is 5.65 Å². The first-order valence-corrected chi connectivity index (χ1v) is 15.4. The molecule has 2 aliphatic heterocycles. The molecule has 0 unspecified atom stereocenters. The fourth-order valence-electron chi connectivity index (χ4n) is 6.64. The van der Waals surface area contributed by atoms with Gasteiger partial charge in [-0.15, -0.1) is 0 Å². The molecular formula is C36H34FN5O4. The Kier molecular flexibility index (Phi) is 7.64. The molecule has 2 aromatic heterocycles. The number of ether oxygens (including phenoxy) is 2. The summed E-state index contributed by atoms with van der Waals surface area (Å²) in [6.07, 6.45) is 1.43. The number of hydrogen-bond acceptors (Lipinski definition) is 7. The van der Waals surface area contributed by atoms with Gasteiger partial charge < -0.3 is 19.3 Å². The van der Waals surface area contributed by atoms with Gasteiger partial charge in [-0.1, -0.05) is 24.3 Å². The number of halogens is 1. The number of esters is 1. The largest absolute Gasteiger partial charge is 0.497 e. The molecule has 0 spiro atoms. The average molecular weight is 620 g/mol. The molecule has 1 fully saturated rings. The number of anilines is 1. The quantitative estimate of drug-likeness (QED) is 0.217. The highest BCUT2D eigenvalue weighted by Gasteiger charge is 2.31. The average Bonchev–Trinajstić information content (AvgIpc) is 3.76. The molecule has 2 atom stereocenters. The molecular weight excluding hydrogens is 585 g/mol. The van der Waals surface area contributed by atoms with Gasteiger partial charge in [-0.25, -0.2) is 13.9 Å². The lowest BCUT2D eigenvalue weighted by atomic mass is 9.93. The highest BCUT2D eigenvalue weighted by Crippen LogP contribution is 2.34. The molecule has 9 nitrogen and oxygen atoms in total. The summed E-state index contributed by atoms with van der Waals surface area (Å²) in [5, 5.41) is 4.78. The zero-order chi connectivity index (χ0) is 31.9. The van der Waals surface area contributed by atoms with Gasteiger partial charge in [0.25, 0.3) is 5.91 Å². The van der Waals surface area contributed by atoms with Gasteiger partial charge >= 0.3 is 5.97 Å². The summed E-state index contributed by atoms with van der Waals surface area (Å²) in [5.74, 6) is -0.389. The summed E-state index contributed by atoms with van der Waals surface area (Å²) >= 11 is 0. The Bertz CT molecular complexity index is 1960. The smallest absolute Gasteiger partial charge is 0.310 e. The second-order valence-electron chi connectivity index (χ2n) is 11.8. The van der Waals surface area contributed by atoms with Gasteiger partial charge in [0.2, 0.25) is 0 Å². The molecule has 7 rings (SSSR count). The Labute approximate surface area is 266 Å². The third kappa shape index (κ3) is 5.23. The van der Waals surface area contributed by atoms with E-state index in [1.54, 1.807) is 29.8 Å². The summed E-state index contributed by atoms with van der Waals surface area (Å²) in [4.78, 5) is 34.6. The van der Waals surface area contributed by atoms with Crippen molar-refractivity contribution in [3.63, 3.8) is 0 Å². The summed E-state index contributed by atoms with van der Waals surface area (Å²) in [6.45, 7) is 3.74. The predicted molar refractivity (Wildman–Crippen MR) is 172 cm³/mol. The van der Waals surface area contributed by atoms with Crippen molar-refractivity contribution in [3.8, 4) is 28.3 Å². The summed E-state index contributed by atoms with van der Waals surface area (Å²) in [5.41, 5.74) is 5.97. The zero-order valence-electron chi connectivity index (χ0n) is 25.9. The summed E-state index contributed by atoms with van der Waals surface area (Å²) in [7, 11) is 2.99. The first kappa shape index (κ1) is 29.5. The van der Waals surface area contributed by atoms with Crippen molar-refractivity contribution >= 4 is 23.2 Å². The van der Waals surface area contributed by atoms with Crippen LogP contribution in [0.2, 0.25) is 0 Å². The van der Waals surface area contributed by atoms with Gasteiger partial charge in [-0.2, -0.15) is 5.10 Å².